The number of hydrogen-bond acceptors (Lipinski definition) is 6. The van der Waals surface area contributed by atoms with Gasteiger partial charge in [-0.1, -0.05) is 12.1 Å². The first-order chi connectivity index (χ1) is 16.2. The Morgan fingerprint density at radius 3 is 2.45 bits per heavy atom. The van der Waals surface area contributed by atoms with Gasteiger partial charge in [0.1, 0.15) is 0 Å². The Labute approximate surface area is 200 Å². The van der Waals surface area contributed by atoms with E-state index in [-0.39, 0.29) is 5.91 Å². The van der Waals surface area contributed by atoms with Crippen molar-refractivity contribution < 1.29 is 9.53 Å². The summed E-state index contributed by atoms with van der Waals surface area (Å²) >= 11 is 1.84. The molecule has 2 aromatic carbocycles. The fourth-order valence-electron chi connectivity index (χ4n) is 4.54. The molecule has 0 bridgehead atoms. The summed E-state index contributed by atoms with van der Waals surface area (Å²) in [5.74, 6) is -0.0819. The molecule has 7 heteroatoms. The predicted octanol–water partition coefficient (Wildman–Crippen LogP) is 4.22. The maximum absolute atomic E-state index is 12.7. The number of thioether (sulfide) groups is 1. The van der Waals surface area contributed by atoms with Crippen LogP contribution >= 0.6 is 11.8 Å². The van der Waals surface area contributed by atoms with Gasteiger partial charge in [0.05, 0.1) is 18.6 Å². The Morgan fingerprint density at radius 1 is 1.00 bits per heavy atom. The molecule has 2 fully saturated rings. The first kappa shape index (κ1) is 22.3. The smallest absolute Gasteiger partial charge is 0.255 e. The normalized spacial score (nSPS) is 21.0. The molecule has 2 aromatic rings. The van der Waals surface area contributed by atoms with E-state index >= 15 is 0 Å². The molecular formula is C26H32N4O2S. The van der Waals surface area contributed by atoms with E-state index in [1.54, 1.807) is 0 Å². The monoisotopic (exact) mass is 464 g/mol. The molecule has 0 aliphatic carbocycles. The quantitative estimate of drug-likeness (QED) is 0.640. The van der Waals surface area contributed by atoms with Gasteiger partial charge in [0.25, 0.3) is 5.91 Å². The van der Waals surface area contributed by atoms with Crippen molar-refractivity contribution in [3.63, 3.8) is 0 Å². The molecule has 0 saturated carbocycles. The second-order valence-corrected chi connectivity index (χ2v) is 9.89. The van der Waals surface area contributed by atoms with Gasteiger partial charge in [-0.25, -0.2) is 0 Å². The molecule has 2 N–H and O–H groups in total. The van der Waals surface area contributed by atoms with Crippen molar-refractivity contribution in [2.75, 3.05) is 56.2 Å². The fraction of sp³-hybridized carbons (Fsp3) is 0.423. The number of ether oxygens (including phenoxy) is 1. The first-order valence-electron chi connectivity index (χ1n) is 11.9. The number of morpholine rings is 1. The highest BCUT2D eigenvalue weighted by Crippen LogP contribution is 2.29. The van der Waals surface area contributed by atoms with Crippen LogP contribution in [0.1, 0.15) is 35.2 Å². The number of carbonyl (C=O) groups is 1. The number of anilines is 2. The van der Waals surface area contributed by atoms with Gasteiger partial charge in [0, 0.05) is 55.4 Å². The zero-order chi connectivity index (χ0) is 22.5. The van der Waals surface area contributed by atoms with E-state index in [9.17, 15) is 4.79 Å². The molecule has 0 spiro atoms. The summed E-state index contributed by atoms with van der Waals surface area (Å²) in [6.45, 7) is 7.09. The summed E-state index contributed by atoms with van der Waals surface area (Å²) in [6.07, 6.45) is 3.62. The molecule has 2 saturated heterocycles. The Morgan fingerprint density at radius 2 is 1.73 bits per heavy atom. The first-order valence-corrected chi connectivity index (χ1v) is 12.9. The lowest BCUT2D eigenvalue weighted by Gasteiger charge is -2.27. The maximum atomic E-state index is 12.7. The van der Waals surface area contributed by atoms with Crippen LogP contribution in [0.3, 0.4) is 0 Å². The largest absolute Gasteiger partial charge is 0.379 e. The van der Waals surface area contributed by atoms with Gasteiger partial charge in [0.2, 0.25) is 0 Å². The Bertz CT molecular complexity index is 965. The van der Waals surface area contributed by atoms with Gasteiger partial charge < -0.3 is 20.3 Å². The van der Waals surface area contributed by atoms with E-state index in [1.807, 2.05) is 48.2 Å². The Balaban J connectivity index is 1.11. The molecule has 3 heterocycles. The molecule has 33 heavy (non-hydrogen) atoms. The summed E-state index contributed by atoms with van der Waals surface area (Å²) in [6, 6.07) is 16.0. The zero-order valence-electron chi connectivity index (χ0n) is 19.0. The topological polar surface area (TPSA) is 56.8 Å². The molecule has 174 valence electrons. The lowest BCUT2D eigenvalue weighted by atomic mass is 10.1. The van der Waals surface area contributed by atoms with E-state index in [4.69, 9.17) is 4.74 Å². The van der Waals surface area contributed by atoms with Crippen molar-refractivity contribution in [1.29, 1.82) is 0 Å². The van der Waals surface area contributed by atoms with E-state index in [0.717, 1.165) is 69.3 Å². The molecule has 6 nitrogen and oxygen atoms in total. The number of nitrogens with one attached hydrogen (secondary N) is 2. The third kappa shape index (κ3) is 5.72. The summed E-state index contributed by atoms with van der Waals surface area (Å²) in [5.41, 5.74) is 4.97. The molecular weight excluding hydrogens is 432 g/mol. The minimum atomic E-state index is -0.0819. The van der Waals surface area contributed by atoms with Crippen molar-refractivity contribution in [3.8, 4) is 0 Å². The molecule has 3 aliphatic rings. The lowest BCUT2D eigenvalue weighted by Crippen LogP contribution is -2.38. The number of amides is 1. The number of benzene rings is 2. The van der Waals surface area contributed by atoms with Crippen molar-refractivity contribution in [3.05, 3.63) is 65.1 Å². The van der Waals surface area contributed by atoms with E-state index in [1.165, 1.54) is 18.5 Å². The summed E-state index contributed by atoms with van der Waals surface area (Å²) < 4.78 is 5.43. The molecule has 3 aliphatic heterocycles. The van der Waals surface area contributed by atoms with Crippen molar-refractivity contribution in [2.45, 2.75) is 24.6 Å². The molecule has 1 amide bonds. The van der Waals surface area contributed by atoms with Gasteiger partial charge >= 0.3 is 0 Å². The van der Waals surface area contributed by atoms with Crippen LogP contribution in [0.4, 0.5) is 11.4 Å². The van der Waals surface area contributed by atoms with Gasteiger partial charge in [-0.05, 0) is 66.6 Å². The molecule has 0 aromatic heterocycles. The Kier molecular flexibility index (Phi) is 7.19. The Hall–Kier alpha value is -2.48. The van der Waals surface area contributed by atoms with Gasteiger partial charge in [-0.2, -0.15) is 0 Å². The number of rotatable bonds is 7. The van der Waals surface area contributed by atoms with Gasteiger partial charge in [-0.3, -0.25) is 9.69 Å². The molecule has 1 atom stereocenters. The predicted molar refractivity (Wildman–Crippen MR) is 137 cm³/mol. The number of nitrogens with zero attached hydrogens (tertiary/aromatic N) is 2. The van der Waals surface area contributed by atoms with E-state index < -0.39 is 0 Å². The average Bonchev–Trinajstić information content (AvgIpc) is 3.57. The van der Waals surface area contributed by atoms with Crippen LogP contribution in [0.15, 0.2) is 53.9 Å². The van der Waals surface area contributed by atoms with Gasteiger partial charge in [0.15, 0.2) is 0 Å². The summed E-state index contributed by atoms with van der Waals surface area (Å²) in [7, 11) is 0. The third-order valence-electron chi connectivity index (χ3n) is 6.53. The average molecular weight is 465 g/mol. The van der Waals surface area contributed by atoms with Crippen LogP contribution in [0.5, 0.6) is 0 Å². The fourth-order valence-corrected chi connectivity index (χ4v) is 5.48. The van der Waals surface area contributed by atoms with Crippen LogP contribution in [0.2, 0.25) is 0 Å². The van der Waals surface area contributed by atoms with Crippen LogP contribution in [0.25, 0.3) is 5.70 Å². The van der Waals surface area contributed by atoms with Crippen LogP contribution in [0, 0.1) is 0 Å². The second-order valence-electron chi connectivity index (χ2n) is 8.82. The third-order valence-corrected chi connectivity index (χ3v) is 7.59. The standard InChI is InChI=1S/C26H32N4O2S/c31-26(27-22-7-9-23(10-8-22)30-12-1-2-13-30)21-5-3-20(4-6-21)24-19-33-25(28-24)11-14-29-15-17-32-18-16-29/h3-10,19,25,28H,1-2,11-18H2,(H,27,31). The highest BCUT2D eigenvalue weighted by molar-refractivity contribution is 8.03. The summed E-state index contributed by atoms with van der Waals surface area (Å²) in [5, 5.41) is 9.23. The van der Waals surface area contributed by atoms with Crippen LogP contribution in [-0.2, 0) is 4.74 Å². The number of hydrogen-bond donors (Lipinski definition) is 2. The lowest BCUT2D eigenvalue weighted by molar-refractivity contribution is 0.0373. The number of carbonyl (C=O) groups excluding carboxylic acids is 1. The highest BCUT2D eigenvalue weighted by atomic mass is 32.2. The highest BCUT2D eigenvalue weighted by Gasteiger charge is 2.20. The van der Waals surface area contributed by atoms with Crippen molar-refractivity contribution >= 4 is 34.7 Å². The SMILES string of the molecule is O=C(Nc1ccc(N2CCCC2)cc1)c1ccc(C2=CSC(CCN3CCOCC3)N2)cc1. The minimum absolute atomic E-state index is 0.0819. The molecule has 0 radical (unpaired) electrons. The summed E-state index contributed by atoms with van der Waals surface area (Å²) in [4.78, 5) is 17.6. The van der Waals surface area contributed by atoms with E-state index in [0.29, 0.717) is 10.9 Å². The zero-order valence-corrected chi connectivity index (χ0v) is 19.8. The van der Waals surface area contributed by atoms with Crippen molar-refractivity contribution in [1.82, 2.24) is 10.2 Å². The molecule has 1 unspecified atom stereocenters. The molecule has 5 rings (SSSR count). The second kappa shape index (κ2) is 10.6. The minimum Gasteiger partial charge on any atom is -0.379 e. The van der Waals surface area contributed by atoms with E-state index in [2.05, 4.69) is 38.0 Å². The van der Waals surface area contributed by atoms with Gasteiger partial charge in [-0.15, -0.1) is 11.8 Å². The van der Waals surface area contributed by atoms with Crippen molar-refractivity contribution in [2.24, 2.45) is 0 Å². The maximum Gasteiger partial charge on any atom is 0.255 e. The van der Waals surface area contributed by atoms with Crippen LogP contribution < -0.4 is 15.5 Å². The van der Waals surface area contributed by atoms with Crippen LogP contribution in [-0.4, -0.2) is 62.1 Å².